The van der Waals surface area contributed by atoms with Gasteiger partial charge in [-0.15, -0.1) is 0 Å². The van der Waals surface area contributed by atoms with Gasteiger partial charge in [-0.2, -0.15) is 10.2 Å². The van der Waals surface area contributed by atoms with Crippen molar-refractivity contribution in [3.05, 3.63) is 64.8 Å². The van der Waals surface area contributed by atoms with E-state index in [0.717, 1.165) is 0 Å². The standard InChI is InChI=1S/C19H17ClN4O3/c1-26-13-7-8-18(27-2)14(9-13)16-10-17(23-22-16)19(25)24-21-11-12-5-3-4-6-15(12)20/h3-11H,1-2H3,(H,22,23)(H,24,25)/b21-11-. The second-order valence-electron chi connectivity index (χ2n) is 5.45. The summed E-state index contributed by atoms with van der Waals surface area (Å²) in [6, 6.07) is 14.1. The number of ether oxygens (including phenoxy) is 2. The number of hydrogen-bond acceptors (Lipinski definition) is 5. The van der Waals surface area contributed by atoms with Crippen LogP contribution in [-0.2, 0) is 0 Å². The average molecular weight is 385 g/mol. The molecule has 138 valence electrons. The molecule has 2 N–H and O–H groups in total. The Bertz CT molecular complexity index is 985. The molecule has 8 heteroatoms. The van der Waals surface area contributed by atoms with Crippen LogP contribution in [0.5, 0.6) is 11.5 Å². The van der Waals surface area contributed by atoms with Gasteiger partial charge < -0.3 is 9.47 Å². The Morgan fingerprint density at radius 3 is 2.74 bits per heavy atom. The number of nitrogens with one attached hydrogen (secondary N) is 2. The molecule has 0 spiro atoms. The number of aromatic amines is 1. The minimum absolute atomic E-state index is 0.256. The van der Waals surface area contributed by atoms with Gasteiger partial charge in [-0.05, 0) is 30.3 Å². The number of carbonyl (C=O) groups is 1. The second-order valence-corrected chi connectivity index (χ2v) is 5.86. The second kappa shape index (κ2) is 8.37. The molecule has 0 radical (unpaired) electrons. The van der Waals surface area contributed by atoms with E-state index >= 15 is 0 Å². The topological polar surface area (TPSA) is 88.6 Å². The highest BCUT2D eigenvalue weighted by Gasteiger charge is 2.14. The number of halogens is 1. The van der Waals surface area contributed by atoms with Crippen LogP contribution in [0.1, 0.15) is 16.1 Å². The number of aromatic nitrogens is 2. The van der Waals surface area contributed by atoms with Gasteiger partial charge in [0.25, 0.3) is 5.91 Å². The molecule has 0 fully saturated rings. The van der Waals surface area contributed by atoms with Crippen molar-refractivity contribution < 1.29 is 14.3 Å². The van der Waals surface area contributed by atoms with Crippen molar-refractivity contribution >= 4 is 23.7 Å². The molecule has 0 aliphatic heterocycles. The Balaban J connectivity index is 1.76. The summed E-state index contributed by atoms with van der Waals surface area (Å²) in [6.07, 6.45) is 1.47. The number of carbonyl (C=O) groups excluding carboxylic acids is 1. The van der Waals surface area contributed by atoms with Gasteiger partial charge in [0.15, 0.2) is 0 Å². The minimum atomic E-state index is -0.432. The summed E-state index contributed by atoms with van der Waals surface area (Å²) < 4.78 is 10.6. The molecule has 1 aromatic heterocycles. The van der Waals surface area contributed by atoms with Crippen LogP contribution in [0.15, 0.2) is 53.6 Å². The molecule has 1 heterocycles. The molecule has 0 aliphatic carbocycles. The highest BCUT2D eigenvalue weighted by Crippen LogP contribution is 2.32. The molecule has 7 nitrogen and oxygen atoms in total. The Labute approximate surface area is 161 Å². The molecule has 2 aromatic carbocycles. The van der Waals surface area contributed by atoms with Crippen LogP contribution in [0.3, 0.4) is 0 Å². The summed E-state index contributed by atoms with van der Waals surface area (Å²) in [4.78, 5) is 12.3. The lowest BCUT2D eigenvalue weighted by molar-refractivity contribution is 0.0950. The molecule has 0 saturated heterocycles. The fourth-order valence-electron chi connectivity index (χ4n) is 2.39. The van der Waals surface area contributed by atoms with Crippen molar-refractivity contribution in [2.24, 2.45) is 5.10 Å². The van der Waals surface area contributed by atoms with Crippen molar-refractivity contribution in [2.75, 3.05) is 14.2 Å². The normalized spacial score (nSPS) is 10.8. The molecule has 0 aliphatic rings. The Kier molecular flexibility index (Phi) is 5.73. The predicted octanol–water partition coefficient (Wildman–Crippen LogP) is 3.51. The molecular weight excluding hydrogens is 368 g/mol. The van der Waals surface area contributed by atoms with Gasteiger partial charge in [0.1, 0.15) is 17.2 Å². The van der Waals surface area contributed by atoms with Crippen molar-refractivity contribution in [3.8, 4) is 22.8 Å². The van der Waals surface area contributed by atoms with Crippen LogP contribution < -0.4 is 14.9 Å². The number of benzene rings is 2. The van der Waals surface area contributed by atoms with Gasteiger partial charge in [0, 0.05) is 16.1 Å². The summed E-state index contributed by atoms with van der Waals surface area (Å²) in [5.41, 5.74) is 4.64. The van der Waals surface area contributed by atoms with E-state index in [1.54, 1.807) is 50.6 Å². The first-order valence-corrected chi connectivity index (χ1v) is 8.36. The maximum Gasteiger partial charge on any atom is 0.289 e. The van der Waals surface area contributed by atoms with Crippen LogP contribution >= 0.6 is 11.6 Å². The summed E-state index contributed by atoms with van der Waals surface area (Å²) in [5.74, 6) is 0.842. The van der Waals surface area contributed by atoms with E-state index in [2.05, 4.69) is 20.7 Å². The lowest BCUT2D eigenvalue weighted by Gasteiger charge is -2.08. The number of H-pyrrole nitrogens is 1. The fourth-order valence-corrected chi connectivity index (χ4v) is 2.58. The fraction of sp³-hybridized carbons (Fsp3) is 0.105. The Morgan fingerprint density at radius 2 is 2.00 bits per heavy atom. The maximum absolute atomic E-state index is 12.3. The SMILES string of the molecule is COc1ccc(OC)c(-c2cc(C(=O)N/N=C\c3ccccc3Cl)[nH]n2)c1. The zero-order valence-corrected chi connectivity index (χ0v) is 15.4. The smallest absolute Gasteiger partial charge is 0.289 e. The van der Waals surface area contributed by atoms with Crippen LogP contribution in [0.2, 0.25) is 5.02 Å². The third kappa shape index (κ3) is 4.27. The van der Waals surface area contributed by atoms with E-state index in [-0.39, 0.29) is 5.69 Å². The zero-order chi connectivity index (χ0) is 19.2. The lowest BCUT2D eigenvalue weighted by atomic mass is 10.1. The molecule has 3 rings (SSSR count). The zero-order valence-electron chi connectivity index (χ0n) is 14.7. The summed E-state index contributed by atoms with van der Waals surface area (Å²) >= 11 is 6.04. The first kappa shape index (κ1) is 18.5. The molecule has 1 amide bonds. The number of amides is 1. The number of methoxy groups -OCH3 is 2. The van der Waals surface area contributed by atoms with E-state index < -0.39 is 5.91 Å². The number of nitrogens with zero attached hydrogens (tertiary/aromatic N) is 2. The van der Waals surface area contributed by atoms with E-state index in [0.29, 0.717) is 33.3 Å². The van der Waals surface area contributed by atoms with Crippen molar-refractivity contribution in [3.63, 3.8) is 0 Å². The Hall–Kier alpha value is -3.32. The largest absolute Gasteiger partial charge is 0.497 e. The monoisotopic (exact) mass is 384 g/mol. The summed E-state index contributed by atoms with van der Waals surface area (Å²) in [7, 11) is 3.14. The van der Waals surface area contributed by atoms with Gasteiger partial charge in [-0.25, -0.2) is 5.43 Å². The molecule has 3 aromatic rings. The average Bonchev–Trinajstić information content (AvgIpc) is 3.19. The molecule has 0 saturated carbocycles. The van der Waals surface area contributed by atoms with Crippen LogP contribution in [0.25, 0.3) is 11.3 Å². The van der Waals surface area contributed by atoms with Gasteiger partial charge in [-0.3, -0.25) is 9.89 Å². The van der Waals surface area contributed by atoms with E-state index in [9.17, 15) is 4.79 Å². The van der Waals surface area contributed by atoms with Crippen molar-refractivity contribution in [1.29, 1.82) is 0 Å². The van der Waals surface area contributed by atoms with Crippen molar-refractivity contribution in [1.82, 2.24) is 15.6 Å². The molecule has 0 unspecified atom stereocenters. The summed E-state index contributed by atoms with van der Waals surface area (Å²) in [6.45, 7) is 0. The minimum Gasteiger partial charge on any atom is -0.497 e. The Morgan fingerprint density at radius 1 is 1.19 bits per heavy atom. The first-order chi connectivity index (χ1) is 13.1. The van der Waals surface area contributed by atoms with Gasteiger partial charge in [0.05, 0.1) is 26.1 Å². The lowest BCUT2D eigenvalue weighted by Crippen LogP contribution is -2.18. The van der Waals surface area contributed by atoms with Gasteiger partial charge in [0.2, 0.25) is 0 Å². The number of rotatable bonds is 6. The number of hydrazone groups is 1. The summed E-state index contributed by atoms with van der Waals surface area (Å²) in [5, 5.41) is 11.3. The van der Waals surface area contributed by atoms with Gasteiger partial charge >= 0.3 is 0 Å². The third-order valence-electron chi connectivity index (χ3n) is 3.78. The van der Waals surface area contributed by atoms with E-state index in [4.69, 9.17) is 21.1 Å². The van der Waals surface area contributed by atoms with E-state index in [1.807, 2.05) is 12.1 Å². The first-order valence-electron chi connectivity index (χ1n) is 7.98. The van der Waals surface area contributed by atoms with Crippen LogP contribution in [0.4, 0.5) is 0 Å². The number of hydrogen-bond donors (Lipinski definition) is 2. The molecule has 0 atom stereocenters. The molecule has 27 heavy (non-hydrogen) atoms. The quantitative estimate of drug-likeness (QED) is 0.502. The highest BCUT2D eigenvalue weighted by atomic mass is 35.5. The van der Waals surface area contributed by atoms with Crippen LogP contribution in [0, 0.1) is 0 Å². The molecular formula is C19H17ClN4O3. The van der Waals surface area contributed by atoms with Crippen LogP contribution in [-0.4, -0.2) is 36.5 Å². The molecule has 0 bridgehead atoms. The van der Waals surface area contributed by atoms with Crippen molar-refractivity contribution in [2.45, 2.75) is 0 Å². The predicted molar refractivity (Wildman–Crippen MR) is 104 cm³/mol. The maximum atomic E-state index is 12.3. The van der Waals surface area contributed by atoms with E-state index in [1.165, 1.54) is 6.21 Å². The third-order valence-corrected chi connectivity index (χ3v) is 4.12. The highest BCUT2D eigenvalue weighted by molar-refractivity contribution is 6.33. The van der Waals surface area contributed by atoms with Gasteiger partial charge in [-0.1, -0.05) is 29.8 Å².